The Morgan fingerprint density at radius 1 is 1.09 bits per heavy atom. The molecule has 4 aromatic rings. The number of rotatable bonds is 10. The third-order valence-electron chi connectivity index (χ3n) is 7.56. The van der Waals surface area contributed by atoms with E-state index < -0.39 is 5.60 Å². The van der Waals surface area contributed by atoms with Crippen LogP contribution in [-0.4, -0.2) is 91.9 Å². The highest BCUT2D eigenvalue weighted by Gasteiger charge is 2.22. The van der Waals surface area contributed by atoms with E-state index in [4.69, 9.17) is 4.98 Å². The molecular weight excluding hydrogens is 546 g/mol. The number of nitrogens with one attached hydrogen (secondary N) is 1. The van der Waals surface area contributed by atoms with E-state index >= 15 is 0 Å². The summed E-state index contributed by atoms with van der Waals surface area (Å²) in [5.41, 5.74) is 1.38. The fourth-order valence-electron chi connectivity index (χ4n) is 5.08. The van der Waals surface area contributed by atoms with Gasteiger partial charge in [0.1, 0.15) is 11.0 Å². The van der Waals surface area contributed by atoms with Gasteiger partial charge in [-0.1, -0.05) is 12.1 Å². The topological polar surface area (TPSA) is 125 Å². The number of amides is 1. The molecule has 1 aliphatic heterocycles. The average Bonchev–Trinajstić information content (AvgIpc) is 3.26. The lowest BCUT2D eigenvalue weighted by Crippen LogP contribution is -2.47. The number of hydrogen-bond donors (Lipinski definition) is 2. The summed E-state index contributed by atoms with van der Waals surface area (Å²) in [6.45, 7) is 11.8. The number of aromatic nitrogens is 5. The molecule has 5 rings (SSSR count). The molecule has 226 valence electrons. The lowest BCUT2D eigenvalue weighted by atomic mass is 10.1. The van der Waals surface area contributed by atoms with Gasteiger partial charge in [0.25, 0.3) is 5.56 Å². The summed E-state index contributed by atoms with van der Waals surface area (Å²) < 4.78 is 3.14. The van der Waals surface area contributed by atoms with Gasteiger partial charge in [0.05, 0.1) is 12.2 Å². The van der Waals surface area contributed by atoms with E-state index in [9.17, 15) is 14.7 Å². The molecule has 1 aliphatic rings. The number of piperazine rings is 1. The summed E-state index contributed by atoms with van der Waals surface area (Å²) in [6.07, 6.45) is 3.69. The molecule has 0 aliphatic carbocycles. The third kappa shape index (κ3) is 6.60. The highest BCUT2D eigenvalue weighted by Crippen LogP contribution is 2.24. The van der Waals surface area contributed by atoms with Crippen LogP contribution in [-0.2, 0) is 16.9 Å². The lowest BCUT2D eigenvalue weighted by Gasteiger charge is -2.36. The van der Waals surface area contributed by atoms with Crippen molar-refractivity contribution in [1.82, 2.24) is 34.1 Å². The summed E-state index contributed by atoms with van der Waals surface area (Å²) in [4.78, 5) is 45.2. The Hall–Kier alpha value is -4.55. The van der Waals surface area contributed by atoms with Gasteiger partial charge >= 0.3 is 0 Å². The molecule has 1 fully saturated rings. The summed E-state index contributed by atoms with van der Waals surface area (Å²) in [5, 5.41) is 14.1. The minimum absolute atomic E-state index is 0.155. The molecule has 3 aromatic heterocycles. The molecule has 2 N–H and O–H groups in total. The van der Waals surface area contributed by atoms with Crippen molar-refractivity contribution in [2.45, 2.75) is 32.4 Å². The second kappa shape index (κ2) is 12.4. The fraction of sp³-hybridized carbons (Fsp3) is 0.387. The van der Waals surface area contributed by atoms with Crippen molar-refractivity contribution in [1.29, 1.82) is 0 Å². The summed E-state index contributed by atoms with van der Waals surface area (Å²) in [5.74, 6) is 0.944. The number of nitrogens with zero attached hydrogens (tertiary/aromatic N) is 8. The summed E-state index contributed by atoms with van der Waals surface area (Å²) in [7, 11) is 3.58. The normalized spacial score (nSPS) is 14.2. The van der Waals surface area contributed by atoms with Crippen LogP contribution in [0.2, 0.25) is 0 Å². The summed E-state index contributed by atoms with van der Waals surface area (Å²) in [6, 6.07) is 13.4. The van der Waals surface area contributed by atoms with E-state index in [1.807, 2.05) is 12.1 Å². The van der Waals surface area contributed by atoms with Crippen LogP contribution in [0.15, 0.2) is 66.1 Å². The maximum absolute atomic E-state index is 13.3. The zero-order valence-electron chi connectivity index (χ0n) is 25.2. The summed E-state index contributed by atoms with van der Waals surface area (Å²) >= 11 is 0. The molecule has 1 aromatic carbocycles. The second-order valence-corrected chi connectivity index (χ2v) is 11.4. The van der Waals surface area contributed by atoms with E-state index in [0.717, 1.165) is 44.1 Å². The van der Waals surface area contributed by atoms with Crippen molar-refractivity contribution in [2.24, 2.45) is 0 Å². The van der Waals surface area contributed by atoms with E-state index in [1.54, 1.807) is 61.8 Å². The van der Waals surface area contributed by atoms with Crippen molar-refractivity contribution in [3.8, 4) is 5.82 Å². The number of fused-ring (bicyclic) bond motifs is 1. The molecule has 0 radical (unpaired) electrons. The predicted octanol–water partition coefficient (Wildman–Crippen LogP) is 2.73. The van der Waals surface area contributed by atoms with Gasteiger partial charge in [-0.3, -0.25) is 14.5 Å². The van der Waals surface area contributed by atoms with Crippen LogP contribution < -0.4 is 15.8 Å². The Morgan fingerprint density at radius 3 is 2.47 bits per heavy atom. The standard InChI is InChI=1S/C31H39N9O3/c1-6-15-39-29(42)24-21-32-30(35-28(24)40(39)26-9-7-8-25(34-26)31(2,3)43)33-22-10-12-23(13-11-22)38-19-17-37(18-20-38)16-14-27(41)36(4)5/h6-13,21,43H,1,14-20H2,2-5H3,(H,32,33,35). The Labute approximate surface area is 250 Å². The fourth-order valence-corrected chi connectivity index (χ4v) is 5.08. The van der Waals surface area contributed by atoms with Crippen molar-refractivity contribution in [3.63, 3.8) is 0 Å². The average molecular weight is 586 g/mol. The van der Waals surface area contributed by atoms with Crippen LogP contribution in [0.3, 0.4) is 0 Å². The maximum atomic E-state index is 13.3. The zero-order chi connectivity index (χ0) is 30.7. The molecule has 1 amide bonds. The molecule has 12 heteroatoms. The van der Waals surface area contributed by atoms with E-state index in [0.29, 0.717) is 34.9 Å². The molecule has 12 nitrogen and oxygen atoms in total. The minimum atomic E-state index is -1.16. The predicted molar refractivity (Wildman–Crippen MR) is 168 cm³/mol. The smallest absolute Gasteiger partial charge is 0.278 e. The first kappa shape index (κ1) is 29.9. The molecule has 0 spiro atoms. The van der Waals surface area contributed by atoms with Crippen LogP contribution in [0.5, 0.6) is 0 Å². The van der Waals surface area contributed by atoms with E-state index in [1.165, 1.54) is 10.9 Å². The SMILES string of the molecule is C=CCn1c(=O)c2cnc(Nc3ccc(N4CCN(CCC(=O)N(C)C)CC4)cc3)nc2n1-c1cccc(C(C)(C)O)n1. The van der Waals surface area contributed by atoms with Gasteiger partial charge in [0, 0.05) is 70.8 Å². The Morgan fingerprint density at radius 2 is 1.81 bits per heavy atom. The number of carbonyl (C=O) groups is 1. The van der Waals surface area contributed by atoms with Gasteiger partial charge in [0.15, 0.2) is 11.5 Å². The van der Waals surface area contributed by atoms with Crippen LogP contribution in [0.1, 0.15) is 26.0 Å². The number of anilines is 3. The zero-order valence-corrected chi connectivity index (χ0v) is 25.2. The largest absolute Gasteiger partial charge is 0.384 e. The van der Waals surface area contributed by atoms with Crippen molar-refractivity contribution >= 4 is 34.3 Å². The number of pyridine rings is 1. The molecule has 0 atom stereocenters. The van der Waals surface area contributed by atoms with Crippen LogP contribution in [0.4, 0.5) is 17.3 Å². The van der Waals surface area contributed by atoms with Crippen LogP contribution in [0.25, 0.3) is 16.9 Å². The van der Waals surface area contributed by atoms with Gasteiger partial charge in [-0.05, 0) is 50.2 Å². The quantitative estimate of drug-likeness (QED) is 0.270. The molecule has 1 saturated heterocycles. The van der Waals surface area contributed by atoms with Crippen LogP contribution >= 0.6 is 0 Å². The Bertz CT molecular complexity index is 1660. The maximum Gasteiger partial charge on any atom is 0.278 e. The second-order valence-electron chi connectivity index (χ2n) is 11.4. The Balaban J connectivity index is 1.33. The number of allylic oxidation sites excluding steroid dienone is 1. The van der Waals surface area contributed by atoms with Gasteiger partial charge < -0.3 is 20.2 Å². The molecule has 43 heavy (non-hydrogen) atoms. The van der Waals surface area contributed by atoms with Crippen molar-refractivity contribution < 1.29 is 9.90 Å². The highest BCUT2D eigenvalue weighted by atomic mass is 16.3. The first-order valence-electron chi connectivity index (χ1n) is 14.4. The molecule has 0 unspecified atom stereocenters. The van der Waals surface area contributed by atoms with Crippen LogP contribution in [0, 0.1) is 0 Å². The Kier molecular flexibility index (Phi) is 8.60. The lowest BCUT2D eigenvalue weighted by molar-refractivity contribution is -0.129. The highest BCUT2D eigenvalue weighted by molar-refractivity contribution is 5.77. The number of hydrogen-bond acceptors (Lipinski definition) is 9. The van der Waals surface area contributed by atoms with Gasteiger partial charge in [-0.2, -0.15) is 4.98 Å². The van der Waals surface area contributed by atoms with Gasteiger partial charge in [-0.25, -0.2) is 19.3 Å². The first-order valence-corrected chi connectivity index (χ1v) is 14.4. The molecule has 0 saturated carbocycles. The molecule has 4 heterocycles. The van der Waals surface area contributed by atoms with Crippen molar-refractivity contribution in [2.75, 3.05) is 57.0 Å². The monoisotopic (exact) mass is 585 g/mol. The minimum Gasteiger partial charge on any atom is -0.384 e. The molecule has 0 bridgehead atoms. The number of aliphatic hydroxyl groups is 1. The van der Waals surface area contributed by atoms with Gasteiger partial charge in [0.2, 0.25) is 11.9 Å². The number of benzene rings is 1. The van der Waals surface area contributed by atoms with E-state index in [-0.39, 0.29) is 18.0 Å². The molecular formula is C31H39N9O3. The van der Waals surface area contributed by atoms with Crippen molar-refractivity contribution in [3.05, 3.63) is 77.4 Å². The van der Waals surface area contributed by atoms with Gasteiger partial charge in [-0.15, -0.1) is 6.58 Å². The first-order chi connectivity index (χ1) is 20.5. The van der Waals surface area contributed by atoms with E-state index in [2.05, 4.69) is 43.8 Å². The third-order valence-corrected chi connectivity index (χ3v) is 7.56. The number of carbonyl (C=O) groups excluding carboxylic acids is 1.